The smallest absolute Gasteiger partial charge is 0.417 e. The number of aromatic nitrogens is 1. The van der Waals surface area contributed by atoms with Crippen LogP contribution in [0.15, 0.2) is 18.3 Å². The van der Waals surface area contributed by atoms with Crippen LogP contribution in [0.4, 0.5) is 13.2 Å². The molecule has 3 nitrogen and oxygen atoms in total. The van der Waals surface area contributed by atoms with Crippen LogP contribution in [0.3, 0.4) is 0 Å². The van der Waals surface area contributed by atoms with Gasteiger partial charge in [-0.3, -0.25) is 0 Å². The highest BCUT2D eigenvalue weighted by atomic mass is 19.4. The first-order chi connectivity index (χ1) is 7.55. The lowest BCUT2D eigenvalue weighted by atomic mass is 10.3. The molecule has 1 aliphatic rings. The predicted molar refractivity (Wildman–Crippen MR) is 51.1 cm³/mol. The second-order valence-corrected chi connectivity index (χ2v) is 3.62. The van der Waals surface area contributed by atoms with Crippen molar-refractivity contribution in [3.05, 3.63) is 23.9 Å². The summed E-state index contributed by atoms with van der Waals surface area (Å²) in [5.41, 5.74) is -0.760. The van der Waals surface area contributed by atoms with E-state index in [1.807, 2.05) is 0 Å². The van der Waals surface area contributed by atoms with E-state index in [0.29, 0.717) is 6.54 Å². The van der Waals surface area contributed by atoms with E-state index in [1.165, 1.54) is 6.07 Å². The molecule has 0 aliphatic carbocycles. The molecule has 1 aromatic rings. The molecule has 6 heteroatoms. The second kappa shape index (κ2) is 4.29. The zero-order chi connectivity index (χ0) is 11.6. The summed E-state index contributed by atoms with van der Waals surface area (Å²) < 4.78 is 42.1. The van der Waals surface area contributed by atoms with E-state index in [4.69, 9.17) is 4.74 Å². The van der Waals surface area contributed by atoms with Crippen LogP contribution in [0.1, 0.15) is 12.0 Å². The highest BCUT2D eigenvalue weighted by molar-refractivity contribution is 5.20. The van der Waals surface area contributed by atoms with Crippen LogP contribution in [-0.4, -0.2) is 24.2 Å². The van der Waals surface area contributed by atoms with Crippen molar-refractivity contribution in [2.24, 2.45) is 0 Å². The summed E-state index contributed by atoms with van der Waals surface area (Å²) in [6.45, 7) is 1.58. The van der Waals surface area contributed by atoms with Gasteiger partial charge in [-0.25, -0.2) is 4.98 Å². The summed E-state index contributed by atoms with van der Waals surface area (Å²) in [6, 6.07) is 2.23. The highest BCUT2D eigenvalue weighted by Gasteiger charge is 2.30. The molecule has 2 rings (SSSR count). The van der Waals surface area contributed by atoms with Crippen molar-refractivity contribution in [2.75, 3.05) is 13.1 Å². The average Bonchev–Trinajstić information content (AvgIpc) is 2.70. The Hall–Kier alpha value is -1.30. The molecule has 2 heterocycles. The number of halogens is 3. The van der Waals surface area contributed by atoms with E-state index in [9.17, 15) is 13.2 Å². The Balaban J connectivity index is 2.01. The topological polar surface area (TPSA) is 34.1 Å². The fourth-order valence-electron chi connectivity index (χ4n) is 1.52. The van der Waals surface area contributed by atoms with Crippen LogP contribution in [0.5, 0.6) is 5.88 Å². The van der Waals surface area contributed by atoms with Crippen LogP contribution < -0.4 is 10.1 Å². The van der Waals surface area contributed by atoms with Gasteiger partial charge in [0.2, 0.25) is 5.88 Å². The molecule has 0 aromatic carbocycles. The molecule has 0 unspecified atom stereocenters. The number of nitrogens with one attached hydrogen (secondary N) is 1. The van der Waals surface area contributed by atoms with Crippen molar-refractivity contribution in [3.8, 4) is 5.88 Å². The number of hydrogen-bond donors (Lipinski definition) is 1. The van der Waals surface area contributed by atoms with Crippen LogP contribution >= 0.6 is 0 Å². The van der Waals surface area contributed by atoms with E-state index < -0.39 is 11.7 Å². The van der Waals surface area contributed by atoms with Crippen LogP contribution in [-0.2, 0) is 6.18 Å². The first kappa shape index (κ1) is 11.2. The van der Waals surface area contributed by atoms with E-state index in [-0.39, 0.29) is 12.0 Å². The fraction of sp³-hybridized carbons (Fsp3) is 0.500. The van der Waals surface area contributed by atoms with Crippen molar-refractivity contribution >= 4 is 0 Å². The SMILES string of the molecule is FC(F)(F)c1ccc(O[C@H]2CCNC2)nc1. The van der Waals surface area contributed by atoms with E-state index >= 15 is 0 Å². The van der Waals surface area contributed by atoms with Crippen molar-refractivity contribution in [3.63, 3.8) is 0 Å². The maximum Gasteiger partial charge on any atom is 0.417 e. The van der Waals surface area contributed by atoms with Gasteiger partial charge < -0.3 is 10.1 Å². The maximum atomic E-state index is 12.2. The Morgan fingerprint density at radius 3 is 2.69 bits per heavy atom. The fourth-order valence-corrected chi connectivity index (χ4v) is 1.52. The Morgan fingerprint density at radius 1 is 1.38 bits per heavy atom. The quantitative estimate of drug-likeness (QED) is 0.844. The van der Waals surface area contributed by atoms with Crippen LogP contribution in [0.2, 0.25) is 0 Å². The Labute approximate surface area is 90.6 Å². The molecule has 1 atom stereocenters. The molecule has 16 heavy (non-hydrogen) atoms. The number of hydrogen-bond acceptors (Lipinski definition) is 3. The normalized spacial score (nSPS) is 21.1. The zero-order valence-electron chi connectivity index (χ0n) is 8.42. The molecule has 1 saturated heterocycles. The molecular formula is C10H11F3N2O. The third-order valence-electron chi connectivity index (χ3n) is 2.37. The summed E-state index contributed by atoms with van der Waals surface area (Å²) in [7, 11) is 0. The van der Waals surface area contributed by atoms with Gasteiger partial charge in [-0.15, -0.1) is 0 Å². The number of nitrogens with zero attached hydrogens (tertiary/aromatic N) is 1. The largest absolute Gasteiger partial charge is 0.473 e. The minimum atomic E-state index is -4.35. The molecule has 0 bridgehead atoms. The first-order valence-electron chi connectivity index (χ1n) is 4.96. The molecule has 0 saturated carbocycles. The maximum absolute atomic E-state index is 12.2. The summed E-state index contributed by atoms with van der Waals surface area (Å²) in [6.07, 6.45) is -2.70. The zero-order valence-corrected chi connectivity index (χ0v) is 8.42. The van der Waals surface area contributed by atoms with Gasteiger partial charge in [-0.05, 0) is 19.0 Å². The standard InChI is InChI=1S/C10H11F3N2O/c11-10(12,13)7-1-2-9(15-5-7)16-8-3-4-14-6-8/h1-2,5,8,14H,3-4,6H2/t8-/m0/s1. The van der Waals surface area contributed by atoms with Crippen molar-refractivity contribution in [2.45, 2.75) is 18.7 Å². The molecule has 0 radical (unpaired) electrons. The number of rotatable bonds is 2. The summed E-state index contributed by atoms with van der Waals surface area (Å²) >= 11 is 0. The van der Waals surface area contributed by atoms with E-state index in [2.05, 4.69) is 10.3 Å². The van der Waals surface area contributed by atoms with Crippen molar-refractivity contribution < 1.29 is 17.9 Å². The Bertz CT molecular complexity index is 344. The Morgan fingerprint density at radius 2 is 2.19 bits per heavy atom. The monoisotopic (exact) mass is 232 g/mol. The van der Waals surface area contributed by atoms with Crippen molar-refractivity contribution in [1.82, 2.24) is 10.3 Å². The minimum absolute atomic E-state index is 0.00392. The molecular weight excluding hydrogens is 221 g/mol. The molecule has 1 aliphatic heterocycles. The Kier molecular flexibility index (Phi) is 3.00. The molecule has 88 valence electrons. The van der Waals surface area contributed by atoms with Gasteiger partial charge in [0, 0.05) is 18.8 Å². The molecule has 0 amide bonds. The first-order valence-corrected chi connectivity index (χ1v) is 4.96. The van der Waals surface area contributed by atoms with Gasteiger partial charge in [-0.1, -0.05) is 0 Å². The van der Waals surface area contributed by atoms with E-state index in [0.717, 1.165) is 25.2 Å². The lowest BCUT2D eigenvalue weighted by Crippen LogP contribution is -2.20. The summed E-state index contributed by atoms with van der Waals surface area (Å²) in [5.74, 6) is 0.238. The third kappa shape index (κ3) is 2.63. The van der Waals surface area contributed by atoms with Gasteiger partial charge in [0.1, 0.15) is 6.10 Å². The van der Waals surface area contributed by atoms with Gasteiger partial charge in [0.25, 0.3) is 0 Å². The summed E-state index contributed by atoms with van der Waals surface area (Å²) in [5, 5.41) is 3.10. The van der Waals surface area contributed by atoms with Crippen molar-refractivity contribution in [1.29, 1.82) is 0 Å². The van der Waals surface area contributed by atoms with Gasteiger partial charge in [0.15, 0.2) is 0 Å². The third-order valence-corrected chi connectivity index (χ3v) is 2.37. The van der Waals surface area contributed by atoms with Crippen LogP contribution in [0, 0.1) is 0 Å². The molecule has 1 N–H and O–H groups in total. The lowest BCUT2D eigenvalue weighted by molar-refractivity contribution is -0.137. The second-order valence-electron chi connectivity index (χ2n) is 3.62. The minimum Gasteiger partial charge on any atom is -0.473 e. The molecule has 1 fully saturated rings. The average molecular weight is 232 g/mol. The van der Waals surface area contributed by atoms with E-state index in [1.54, 1.807) is 0 Å². The number of pyridine rings is 1. The number of ether oxygens (including phenoxy) is 1. The number of alkyl halides is 3. The van der Waals surface area contributed by atoms with Gasteiger partial charge >= 0.3 is 6.18 Å². The van der Waals surface area contributed by atoms with Gasteiger partial charge in [-0.2, -0.15) is 13.2 Å². The van der Waals surface area contributed by atoms with Gasteiger partial charge in [0.05, 0.1) is 5.56 Å². The molecule has 0 spiro atoms. The summed E-state index contributed by atoms with van der Waals surface area (Å²) in [4.78, 5) is 3.64. The predicted octanol–water partition coefficient (Wildman–Crippen LogP) is 1.84. The molecule has 1 aromatic heterocycles. The van der Waals surface area contributed by atoms with Crippen LogP contribution in [0.25, 0.3) is 0 Å². The highest BCUT2D eigenvalue weighted by Crippen LogP contribution is 2.29. The lowest BCUT2D eigenvalue weighted by Gasteiger charge is -2.12.